The summed E-state index contributed by atoms with van der Waals surface area (Å²) >= 11 is 12.8. The molecule has 2 aromatic carbocycles. The lowest BCUT2D eigenvalue weighted by molar-refractivity contribution is 0.592. The molecule has 0 saturated heterocycles. The molecule has 0 aliphatic rings. The highest BCUT2D eigenvalue weighted by Gasteiger charge is 2.16. The van der Waals surface area contributed by atoms with Gasteiger partial charge in [0, 0.05) is 16.1 Å². The lowest BCUT2D eigenvalue weighted by atomic mass is 9.97. The van der Waals surface area contributed by atoms with Crippen molar-refractivity contribution in [3.63, 3.8) is 0 Å². The van der Waals surface area contributed by atoms with Gasteiger partial charge in [-0.2, -0.15) is 0 Å². The average molecular weight is 308 g/mol. The summed E-state index contributed by atoms with van der Waals surface area (Å²) in [7, 11) is 1.95. The molecule has 0 aliphatic heterocycles. The van der Waals surface area contributed by atoms with E-state index in [4.69, 9.17) is 23.2 Å². The van der Waals surface area contributed by atoms with Gasteiger partial charge in [-0.1, -0.05) is 53.5 Å². The summed E-state index contributed by atoms with van der Waals surface area (Å²) in [6.45, 7) is 4.07. The van der Waals surface area contributed by atoms with Gasteiger partial charge in [0.1, 0.15) is 0 Å². The standard InChI is InChI=1S/C17H19Cl2N/c1-11-7-8-13(15(18)9-11)10-16(20-3)14-6-4-5-12(2)17(14)19/h4-9,16,20H,10H2,1-3H3. The largest absolute Gasteiger partial charge is 0.313 e. The van der Waals surface area contributed by atoms with Crippen LogP contribution in [0.2, 0.25) is 10.0 Å². The van der Waals surface area contributed by atoms with Crippen LogP contribution in [0.1, 0.15) is 28.3 Å². The normalized spacial score (nSPS) is 12.4. The van der Waals surface area contributed by atoms with Crippen molar-refractivity contribution < 1.29 is 0 Å². The molecule has 3 heteroatoms. The smallest absolute Gasteiger partial charge is 0.0483 e. The Balaban J connectivity index is 2.31. The zero-order chi connectivity index (χ0) is 14.7. The molecule has 2 rings (SSSR count). The second kappa shape index (κ2) is 6.62. The molecular formula is C17H19Cl2N. The Kier molecular flexibility index (Phi) is 5.09. The summed E-state index contributed by atoms with van der Waals surface area (Å²) in [4.78, 5) is 0. The Bertz CT molecular complexity index is 608. The van der Waals surface area contributed by atoms with E-state index >= 15 is 0 Å². The number of nitrogens with one attached hydrogen (secondary N) is 1. The van der Waals surface area contributed by atoms with Crippen LogP contribution in [-0.2, 0) is 6.42 Å². The highest BCUT2D eigenvalue weighted by molar-refractivity contribution is 6.32. The monoisotopic (exact) mass is 307 g/mol. The van der Waals surface area contributed by atoms with E-state index in [1.807, 2.05) is 39.1 Å². The third-order valence-electron chi connectivity index (χ3n) is 3.58. The maximum atomic E-state index is 6.42. The zero-order valence-electron chi connectivity index (χ0n) is 12.0. The van der Waals surface area contributed by atoms with Crippen molar-refractivity contribution in [2.75, 3.05) is 7.05 Å². The Hall–Kier alpha value is -1.02. The lowest BCUT2D eigenvalue weighted by Gasteiger charge is -2.20. The minimum absolute atomic E-state index is 0.155. The van der Waals surface area contributed by atoms with Crippen LogP contribution < -0.4 is 5.32 Å². The molecule has 0 aliphatic carbocycles. The first-order chi connectivity index (χ1) is 9.52. The number of hydrogen-bond donors (Lipinski definition) is 1. The van der Waals surface area contributed by atoms with Gasteiger partial charge in [-0.15, -0.1) is 0 Å². The number of rotatable bonds is 4. The molecule has 0 amide bonds. The average Bonchev–Trinajstić information content (AvgIpc) is 2.42. The van der Waals surface area contributed by atoms with Crippen LogP contribution in [0.25, 0.3) is 0 Å². The zero-order valence-corrected chi connectivity index (χ0v) is 13.5. The molecule has 106 valence electrons. The molecule has 1 N–H and O–H groups in total. The van der Waals surface area contributed by atoms with Crippen molar-refractivity contribution in [2.45, 2.75) is 26.3 Å². The summed E-state index contributed by atoms with van der Waals surface area (Å²) in [5.41, 5.74) is 4.52. The molecule has 0 saturated carbocycles. The molecule has 0 fully saturated rings. The van der Waals surface area contributed by atoms with Crippen LogP contribution in [0, 0.1) is 13.8 Å². The first-order valence-electron chi connectivity index (χ1n) is 6.70. The highest BCUT2D eigenvalue weighted by Crippen LogP contribution is 2.30. The van der Waals surface area contributed by atoms with E-state index in [1.165, 1.54) is 5.56 Å². The predicted molar refractivity (Wildman–Crippen MR) is 87.9 cm³/mol. The van der Waals surface area contributed by atoms with Crippen molar-refractivity contribution in [2.24, 2.45) is 0 Å². The van der Waals surface area contributed by atoms with E-state index in [-0.39, 0.29) is 6.04 Å². The number of hydrogen-bond acceptors (Lipinski definition) is 1. The molecule has 1 atom stereocenters. The van der Waals surface area contributed by atoms with Gasteiger partial charge in [0.05, 0.1) is 0 Å². The quantitative estimate of drug-likeness (QED) is 0.827. The van der Waals surface area contributed by atoms with Crippen molar-refractivity contribution in [1.29, 1.82) is 0 Å². The summed E-state index contributed by atoms with van der Waals surface area (Å²) in [6, 6.07) is 12.5. The van der Waals surface area contributed by atoms with E-state index in [0.29, 0.717) is 0 Å². The van der Waals surface area contributed by atoms with Crippen molar-refractivity contribution in [3.05, 3.63) is 68.7 Å². The third-order valence-corrected chi connectivity index (χ3v) is 4.45. The van der Waals surface area contributed by atoms with Gasteiger partial charge in [-0.25, -0.2) is 0 Å². The SMILES string of the molecule is CNC(Cc1ccc(C)cc1Cl)c1cccc(C)c1Cl. The van der Waals surface area contributed by atoms with E-state index in [9.17, 15) is 0 Å². The summed E-state index contributed by atoms with van der Waals surface area (Å²) in [5.74, 6) is 0. The van der Waals surface area contributed by atoms with Crippen LogP contribution in [0.15, 0.2) is 36.4 Å². The van der Waals surface area contributed by atoms with E-state index in [0.717, 1.165) is 33.2 Å². The molecular weight excluding hydrogens is 289 g/mol. The van der Waals surface area contributed by atoms with Crippen LogP contribution in [0.5, 0.6) is 0 Å². The van der Waals surface area contributed by atoms with Gasteiger partial charge in [0.2, 0.25) is 0 Å². The molecule has 0 bridgehead atoms. The lowest BCUT2D eigenvalue weighted by Crippen LogP contribution is -2.19. The molecule has 2 aromatic rings. The fourth-order valence-corrected chi connectivity index (χ4v) is 2.91. The molecule has 0 aromatic heterocycles. The predicted octanol–water partition coefficient (Wildman–Crippen LogP) is 5.11. The first-order valence-corrected chi connectivity index (χ1v) is 7.46. The Morgan fingerprint density at radius 2 is 1.85 bits per heavy atom. The fourth-order valence-electron chi connectivity index (χ4n) is 2.34. The maximum absolute atomic E-state index is 6.42. The Morgan fingerprint density at radius 3 is 2.50 bits per heavy atom. The van der Waals surface area contributed by atoms with E-state index < -0.39 is 0 Å². The van der Waals surface area contributed by atoms with Crippen LogP contribution >= 0.6 is 23.2 Å². The van der Waals surface area contributed by atoms with Crippen molar-refractivity contribution in [1.82, 2.24) is 5.32 Å². The molecule has 0 spiro atoms. The molecule has 1 unspecified atom stereocenters. The van der Waals surface area contributed by atoms with Crippen LogP contribution in [0.4, 0.5) is 0 Å². The fraction of sp³-hybridized carbons (Fsp3) is 0.294. The summed E-state index contributed by atoms with van der Waals surface area (Å²) < 4.78 is 0. The summed E-state index contributed by atoms with van der Waals surface area (Å²) in [6.07, 6.45) is 0.818. The number of benzene rings is 2. The second-order valence-electron chi connectivity index (χ2n) is 5.12. The maximum Gasteiger partial charge on any atom is 0.0483 e. The van der Waals surface area contributed by atoms with E-state index in [2.05, 4.69) is 23.5 Å². The molecule has 1 nitrogen and oxygen atoms in total. The molecule has 20 heavy (non-hydrogen) atoms. The first kappa shape index (κ1) is 15.4. The van der Waals surface area contributed by atoms with Gasteiger partial charge in [-0.3, -0.25) is 0 Å². The Labute approximate surface area is 130 Å². The number of halogens is 2. The van der Waals surface area contributed by atoms with Crippen LogP contribution in [0.3, 0.4) is 0 Å². The van der Waals surface area contributed by atoms with Gasteiger partial charge in [0.25, 0.3) is 0 Å². The highest BCUT2D eigenvalue weighted by atomic mass is 35.5. The Morgan fingerprint density at radius 1 is 1.10 bits per heavy atom. The van der Waals surface area contributed by atoms with Crippen LogP contribution in [-0.4, -0.2) is 7.05 Å². The minimum Gasteiger partial charge on any atom is -0.313 e. The molecule has 0 radical (unpaired) electrons. The number of likely N-dealkylation sites (N-methyl/N-ethyl adjacent to an activating group) is 1. The van der Waals surface area contributed by atoms with Crippen molar-refractivity contribution in [3.8, 4) is 0 Å². The van der Waals surface area contributed by atoms with Gasteiger partial charge in [-0.05, 0) is 55.6 Å². The van der Waals surface area contributed by atoms with Gasteiger partial charge < -0.3 is 5.32 Å². The second-order valence-corrected chi connectivity index (χ2v) is 5.90. The van der Waals surface area contributed by atoms with E-state index in [1.54, 1.807) is 0 Å². The molecule has 0 heterocycles. The minimum atomic E-state index is 0.155. The van der Waals surface area contributed by atoms with Gasteiger partial charge >= 0.3 is 0 Å². The number of aryl methyl sites for hydroxylation is 2. The topological polar surface area (TPSA) is 12.0 Å². The van der Waals surface area contributed by atoms with Crippen molar-refractivity contribution >= 4 is 23.2 Å². The summed E-state index contributed by atoms with van der Waals surface area (Å²) in [5, 5.41) is 4.98. The van der Waals surface area contributed by atoms with Gasteiger partial charge in [0.15, 0.2) is 0 Å². The third kappa shape index (κ3) is 3.35.